The molecule has 0 saturated carbocycles. The molecular formula is C25H27ClF2N2O5. The Morgan fingerprint density at radius 2 is 1.83 bits per heavy atom. The molecule has 3 rings (SSSR count). The molecule has 2 amide bonds. The van der Waals surface area contributed by atoms with Gasteiger partial charge in [0.15, 0.2) is 6.10 Å². The van der Waals surface area contributed by atoms with E-state index in [1.165, 1.54) is 18.2 Å². The smallest absolute Gasteiger partial charge is 0.325 e. The third kappa shape index (κ3) is 6.28. The number of hydrogen-bond donors (Lipinski definition) is 1. The molecule has 0 spiro atoms. The van der Waals surface area contributed by atoms with Crippen LogP contribution in [-0.2, 0) is 25.7 Å². The second-order valence-electron chi connectivity index (χ2n) is 9.07. The van der Waals surface area contributed by atoms with Gasteiger partial charge in [-0.1, -0.05) is 24.6 Å². The summed E-state index contributed by atoms with van der Waals surface area (Å²) in [5.74, 6) is -3.59. The lowest BCUT2D eigenvalue weighted by Crippen LogP contribution is -2.47. The molecule has 10 heteroatoms. The van der Waals surface area contributed by atoms with Gasteiger partial charge in [-0.15, -0.1) is 0 Å². The summed E-state index contributed by atoms with van der Waals surface area (Å²) in [6.45, 7) is 5.73. The number of halogens is 3. The zero-order chi connectivity index (χ0) is 25.9. The molecule has 35 heavy (non-hydrogen) atoms. The number of carbonyl (C=O) groups is 3. The maximum atomic E-state index is 14.5. The average Bonchev–Trinajstić information content (AvgIpc) is 2.87. The fourth-order valence-electron chi connectivity index (χ4n) is 3.72. The largest absolute Gasteiger partial charge is 0.480 e. The molecule has 7 nitrogen and oxygen atoms in total. The van der Waals surface area contributed by atoms with E-state index < -0.39 is 60.3 Å². The second-order valence-corrected chi connectivity index (χ2v) is 9.51. The molecule has 0 saturated heterocycles. The molecule has 2 aromatic rings. The van der Waals surface area contributed by atoms with Crippen LogP contribution in [0, 0.1) is 11.6 Å². The van der Waals surface area contributed by atoms with E-state index in [0.29, 0.717) is 0 Å². The number of amides is 2. The number of rotatable bonds is 6. The lowest BCUT2D eigenvalue weighted by atomic mass is 10.0. The lowest BCUT2D eigenvalue weighted by molar-refractivity contribution is -0.155. The highest BCUT2D eigenvalue weighted by Gasteiger charge is 2.41. The zero-order valence-corrected chi connectivity index (χ0v) is 20.6. The van der Waals surface area contributed by atoms with Crippen molar-refractivity contribution in [3.05, 3.63) is 64.2 Å². The van der Waals surface area contributed by atoms with Crippen molar-refractivity contribution in [3.8, 4) is 5.75 Å². The number of esters is 1. The highest BCUT2D eigenvalue weighted by atomic mass is 35.5. The van der Waals surface area contributed by atoms with E-state index in [4.69, 9.17) is 21.1 Å². The lowest BCUT2D eigenvalue weighted by Gasteiger charge is -2.31. The maximum Gasteiger partial charge on any atom is 0.325 e. The first-order valence-electron chi connectivity index (χ1n) is 11.1. The van der Waals surface area contributed by atoms with Crippen LogP contribution in [0.2, 0.25) is 5.02 Å². The molecular weight excluding hydrogens is 482 g/mol. The van der Waals surface area contributed by atoms with E-state index in [-0.39, 0.29) is 28.3 Å². The molecule has 0 aliphatic carbocycles. The molecule has 1 aliphatic rings. The fraction of sp³-hybridized carbons (Fsp3) is 0.400. The van der Waals surface area contributed by atoms with Crippen molar-refractivity contribution >= 4 is 29.4 Å². The minimum atomic E-state index is -1.38. The van der Waals surface area contributed by atoms with Gasteiger partial charge in [0.05, 0.1) is 6.54 Å². The molecule has 0 radical (unpaired) electrons. The van der Waals surface area contributed by atoms with E-state index in [2.05, 4.69) is 5.32 Å². The quantitative estimate of drug-likeness (QED) is 0.587. The molecule has 2 unspecified atom stereocenters. The van der Waals surface area contributed by atoms with Crippen LogP contribution >= 0.6 is 11.6 Å². The first-order chi connectivity index (χ1) is 16.4. The molecule has 1 aliphatic heterocycles. The summed E-state index contributed by atoms with van der Waals surface area (Å²) in [4.78, 5) is 40.1. The van der Waals surface area contributed by atoms with E-state index >= 15 is 0 Å². The molecule has 1 heterocycles. The summed E-state index contributed by atoms with van der Waals surface area (Å²) in [6, 6.07) is 6.47. The molecule has 2 aromatic carbocycles. The summed E-state index contributed by atoms with van der Waals surface area (Å²) in [5.41, 5.74) is -0.928. The topological polar surface area (TPSA) is 84.9 Å². The van der Waals surface area contributed by atoms with Gasteiger partial charge in [-0.25, -0.2) is 8.78 Å². The Morgan fingerprint density at radius 1 is 1.17 bits per heavy atom. The number of nitrogens with zero attached hydrogens (tertiary/aromatic N) is 1. The van der Waals surface area contributed by atoms with Crippen molar-refractivity contribution < 1.29 is 32.6 Å². The second kappa shape index (κ2) is 10.6. The Morgan fingerprint density at radius 3 is 2.43 bits per heavy atom. The first-order valence-corrected chi connectivity index (χ1v) is 11.5. The van der Waals surface area contributed by atoms with Crippen LogP contribution in [0.25, 0.3) is 0 Å². The van der Waals surface area contributed by atoms with Crippen LogP contribution in [0.15, 0.2) is 36.4 Å². The van der Waals surface area contributed by atoms with Gasteiger partial charge in [0.25, 0.3) is 5.91 Å². The van der Waals surface area contributed by atoms with Crippen molar-refractivity contribution in [1.82, 2.24) is 10.2 Å². The van der Waals surface area contributed by atoms with Crippen molar-refractivity contribution in [3.63, 3.8) is 0 Å². The van der Waals surface area contributed by atoms with Crippen LogP contribution in [0.3, 0.4) is 0 Å². The van der Waals surface area contributed by atoms with Crippen LogP contribution in [0.4, 0.5) is 8.78 Å². The maximum absolute atomic E-state index is 14.5. The average molecular weight is 509 g/mol. The first kappa shape index (κ1) is 26.4. The molecule has 0 fully saturated rings. The summed E-state index contributed by atoms with van der Waals surface area (Å²) in [5, 5.41) is 2.73. The Hall–Kier alpha value is -3.20. The summed E-state index contributed by atoms with van der Waals surface area (Å²) < 4.78 is 40.1. The third-order valence-electron chi connectivity index (χ3n) is 5.24. The van der Waals surface area contributed by atoms with Gasteiger partial charge in [0.2, 0.25) is 5.91 Å². The number of hydrogen-bond acceptors (Lipinski definition) is 5. The third-order valence-corrected chi connectivity index (χ3v) is 5.48. The normalized spacial score (nSPS) is 17.8. The summed E-state index contributed by atoms with van der Waals surface area (Å²) in [7, 11) is 0. The molecule has 0 aromatic heterocycles. The predicted octanol–water partition coefficient (Wildman–Crippen LogP) is 4.32. The van der Waals surface area contributed by atoms with Gasteiger partial charge >= 0.3 is 5.97 Å². The monoisotopic (exact) mass is 508 g/mol. The highest BCUT2D eigenvalue weighted by Crippen LogP contribution is 2.38. The fourth-order valence-corrected chi connectivity index (χ4v) is 3.90. The standard InChI is InChI=1S/C25H27ClF2N2O5/c1-5-19-24(33)30(13-16-17(27)7-6-8-18(16)28)22(15-11-14(26)9-10-20(15)34-19)23(32)29-12-21(31)35-25(2,3)4/h6-11,19,22H,5,12-13H2,1-4H3,(H,29,32). The van der Waals surface area contributed by atoms with Gasteiger partial charge in [0, 0.05) is 16.1 Å². The van der Waals surface area contributed by atoms with E-state index in [1.807, 2.05) is 0 Å². The van der Waals surface area contributed by atoms with Crippen molar-refractivity contribution in [1.29, 1.82) is 0 Å². The minimum Gasteiger partial charge on any atom is -0.480 e. The van der Waals surface area contributed by atoms with Crippen LogP contribution in [0.5, 0.6) is 5.75 Å². The van der Waals surface area contributed by atoms with Gasteiger partial charge in [-0.2, -0.15) is 0 Å². The number of ether oxygens (including phenoxy) is 2. The minimum absolute atomic E-state index is 0.222. The Bertz CT molecular complexity index is 1120. The van der Waals surface area contributed by atoms with E-state index in [0.717, 1.165) is 17.0 Å². The number of carbonyl (C=O) groups excluding carboxylic acids is 3. The van der Waals surface area contributed by atoms with Gasteiger partial charge in [-0.05, 0) is 57.5 Å². The van der Waals surface area contributed by atoms with E-state index in [9.17, 15) is 23.2 Å². The Kier molecular flexibility index (Phi) is 8.00. The number of fused-ring (bicyclic) bond motifs is 1. The number of nitrogens with one attached hydrogen (secondary N) is 1. The van der Waals surface area contributed by atoms with Crippen molar-refractivity contribution in [2.75, 3.05) is 6.54 Å². The molecule has 1 N–H and O–H groups in total. The van der Waals surface area contributed by atoms with Crippen LogP contribution < -0.4 is 10.1 Å². The SMILES string of the molecule is CCC1Oc2ccc(Cl)cc2C(C(=O)NCC(=O)OC(C)(C)C)N(Cc2c(F)cccc2F)C1=O. The van der Waals surface area contributed by atoms with Crippen LogP contribution in [-0.4, -0.2) is 40.9 Å². The summed E-state index contributed by atoms with van der Waals surface area (Å²) >= 11 is 6.18. The zero-order valence-electron chi connectivity index (χ0n) is 19.9. The highest BCUT2D eigenvalue weighted by molar-refractivity contribution is 6.30. The molecule has 0 bridgehead atoms. The Labute approximate surface area is 207 Å². The Balaban J connectivity index is 2.05. The van der Waals surface area contributed by atoms with Gasteiger partial charge < -0.3 is 19.7 Å². The van der Waals surface area contributed by atoms with Crippen molar-refractivity contribution in [2.45, 2.75) is 58.4 Å². The van der Waals surface area contributed by atoms with E-state index in [1.54, 1.807) is 33.8 Å². The predicted molar refractivity (Wildman–Crippen MR) is 125 cm³/mol. The number of benzene rings is 2. The molecule has 188 valence electrons. The van der Waals surface area contributed by atoms with Gasteiger partial charge in [-0.3, -0.25) is 14.4 Å². The summed E-state index contributed by atoms with van der Waals surface area (Å²) in [6.07, 6.45) is -0.767. The van der Waals surface area contributed by atoms with Crippen LogP contribution in [0.1, 0.15) is 51.3 Å². The molecule has 2 atom stereocenters. The van der Waals surface area contributed by atoms with Gasteiger partial charge in [0.1, 0.15) is 35.6 Å². The van der Waals surface area contributed by atoms with Crippen molar-refractivity contribution in [2.24, 2.45) is 0 Å².